The smallest absolute Gasteiger partial charge is 0.271 e. The van der Waals surface area contributed by atoms with Crippen molar-refractivity contribution >= 4 is 34.2 Å². The van der Waals surface area contributed by atoms with E-state index < -0.39 is 15.8 Å². The fourth-order valence-corrected chi connectivity index (χ4v) is 4.57. The zero-order chi connectivity index (χ0) is 22.5. The van der Waals surface area contributed by atoms with Crippen molar-refractivity contribution < 1.29 is 14.5 Å². The number of nitrogens with zero attached hydrogens (tertiary/aromatic N) is 1. The molecule has 0 bridgehead atoms. The van der Waals surface area contributed by atoms with Gasteiger partial charge in [-0.1, -0.05) is 53.9 Å². The van der Waals surface area contributed by atoms with Gasteiger partial charge >= 0.3 is 0 Å². The number of amides is 1. The third-order valence-corrected chi connectivity index (χ3v) is 7.10. The van der Waals surface area contributed by atoms with Crippen LogP contribution in [-0.4, -0.2) is 15.9 Å². The number of rotatable bonds is 7. The summed E-state index contributed by atoms with van der Waals surface area (Å²) >= 11 is 1.03. The molecule has 1 saturated carbocycles. The van der Waals surface area contributed by atoms with Crippen LogP contribution >= 0.6 is 11.8 Å². The Morgan fingerprint density at radius 3 is 2.37 bits per heavy atom. The van der Waals surface area contributed by atoms with Crippen LogP contribution in [0.2, 0.25) is 0 Å². The van der Waals surface area contributed by atoms with Gasteiger partial charge in [0.25, 0.3) is 5.69 Å². The van der Waals surface area contributed by atoms with Gasteiger partial charge in [0.15, 0.2) is 5.12 Å². The van der Waals surface area contributed by atoms with Crippen LogP contribution in [0, 0.1) is 26.9 Å². The molecule has 0 spiro atoms. The molecule has 1 aliphatic rings. The monoisotopic (exact) mass is 434 g/mol. The van der Waals surface area contributed by atoms with Crippen molar-refractivity contribution in [2.45, 2.75) is 84.5 Å². The minimum Gasteiger partial charge on any atom is -0.324 e. The van der Waals surface area contributed by atoms with Crippen LogP contribution in [0.4, 0.5) is 11.4 Å². The highest BCUT2D eigenvalue weighted by atomic mass is 32.2. The van der Waals surface area contributed by atoms with E-state index in [1.54, 1.807) is 6.07 Å². The molecule has 2 rings (SSSR count). The lowest BCUT2D eigenvalue weighted by atomic mass is 9.69. The van der Waals surface area contributed by atoms with Gasteiger partial charge in [-0.15, -0.1) is 0 Å². The molecule has 0 radical (unpaired) electrons. The number of hydrogen-bond acceptors (Lipinski definition) is 5. The van der Waals surface area contributed by atoms with Crippen molar-refractivity contribution in [3.05, 3.63) is 28.3 Å². The van der Waals surface area contributed by atoms with E-state index in [1.807, 2.05) is 20.8 Å². The SMILES string of the molecule is CC(C)CCC1(C(=O)Nc2cc([N+](=O)[O-])ccc2SC(=O)C(C)(C)C)CCCCC1. The number of nitro benzene ring substituents is 1. The van der Waals surface area contributed by atoms with Gasteiger partial charge in [-0.2, -0.15) is 0 Å². The first-order valence-electron chi connectivity index (χ1n) is 10.8. The van der Waals surface area contributed by atoms with Crippen LogP contribution in [0.5, 0.6) is 0 Å². The summed E-state index contributed by atoms with van der Waals surface area (Å²) in [6.07, 6.45) is 6.62. The largest absolute Gasteiger partial charge is 0.324 e. The molecule has 0 unspecified atom stereocenters. The molecule has 0 atom stereocenters. The van der Waals surface area contributed by atoms with E-state index in [9.17, 15) is 19.7 Å². The van der Waals surface area contributed by atoms with E-state index in [-0.39, 0.29) is 16.7 Å². The molecular weight excluding hydrogens is 400 g/mol. The average Bonchev–Trinajstić information content (AvgIpc) is 2.67. The molecule has 166 valence electrons. The van der Waals surface area contributed by atoms with Gasteiger partial charge in [-0.3, -0.25) is 19.7 Å². The minimum absolute atomic E-state index is 0.0564. The Morgan fingerprint density at radius 1 is 1.20 bits per heavy atom. The van der Waals surface area contributed by atoms with Crippen LogP contribution in [0.25, 0.3) is 0 Å². The molecule has 0 heterocycles. The summed E-state index contributed by atoms with van der Waals surface area (Å²) in [6.45, 7) is 9.79. The number of nitrogens with one attached hydrogen (secondary N) is 1. The molecule has 0 aliphatic heterocycles. The van der Waals surface area contributed by atoms with Crippen molar-refractivity contribution in [1.82, 2.24) is 0 Å². The van der Waals surface area contributed by atoms with Gasteiger partial charge < -0.3 is 5.32 Å². The number of thioether (sulfide) groups is 1. The Kier molecular flexibility index (Phi) is 8.08. The minimum atomic E-state index is -0.560. The first kappa shape index (κ1) is 24.4. The molecular formula is C23H34N2O4S. The summed E-state index contributed by atoms with van der Waals surface area (Å²) in [4.78, 5) is 37.3. The van der Waals surface area contributed by atoms with Gasteiger partial charge in [-0.25, -0.2) is 0 Å². The van der Waals surface area contributed by atoms with Crippen molar-refractivity contribution in [2.24, 2.45) is 16.7 Å². The maximum absolute atomic E-state index is 13.4. The summed E-state index contributed by atoms with van der Waals surface area (Å²) in [5.74, 6) is 0.429. The van der Waals surface area contributed by atoms with Crippen LogP contribution in [-0.2, 0) is 9.59 Å². The molecule has 6 nitrogen and oxygen atoms in total. The van der Waals surface area contributed by atoms with Crippen LogP contribution in [0.15, 0.2) is 23.1 Å². The summed E-state index contributed by atoms with van der Waals surface area (Å²) in [5, 5.41) is 14.2. The lowest BCUT2D eigenvalue weighted by molar-refractivity contribution is -0.384. The maximum Gasteiger partial charge on any atom is 0.271 e. The van der Waals surface area contributed by atoms with Gasteiger partial charge in [0, 0.05) is 27.9 Å². The standard InChI is InChI=1S/C23H34N2O4S/c1-16(2)11-14-23(12-7-6-8-13-23)20(26)24-18-15-17(25(28)29)9-10-19(18)30-21(27)22(3,4)5/h9-10,15-16H,6-8,11-14H2,1-5H3,(H,24,26). The van der Waals surface area contributed by atoms with Crippen molar-refractivity contribution in [2.75, 3.05) is 5.32 Å². The van der Waals surface area contributed by atoms with E-state index in [0.29, 0.717) is 16.5 Å². The second-order valence-electron chi connectivity index (χ2n) is 9.80. The van der Waals surface area contributed by atoms with E-state index in [4.69, 9.17) is 0 Å². The van der Waals surface area contributed by atoms with Gasteiger partial charge in [0.05, 0.1) is 10.6 Å². The van der Waals surface area contributed by atoms with Crippen molar-refractivity contribution in [3.63, 3.8) is 0 Å². The Bertz CT molecular complexity index is 793. The molecule has 1 fully saturated rings. The normalized spacial score (nSPS) is 16.3. The topological polar surface area (TPSA) is 89.3 Å². The zero-order valence-corrected chi connectivity index (χ0v) is 19.6. The summed E-state index contributed by atoms with van der Waals surface area (Å²) in [7, 11) is 0. The van der Waals surface area contributed by atoms with Crippen LogP contribution in [0.1, 0.15) is 79.6 Å². The molecule has 0 aromatic heterocycles. The maximum atomic E-state index is 13.4. The van der Waals surface area contributed by atoms with Crippen LogP contribution < -0.4 is 5.32 Å². The van der Waals surface area contributed by atoms with Gasteiger partial charge in [0.2, 0.25) is 5.91 Å². The zero-order valence-electron chi connectivity index (χ0n) is 18.7. The number of non-ortho nitro benzene ring substituents is 1. The molecule has 1 amide bonds. The van der Waals surface area contributed by atoms with Crippen molar-refractivity contribution in [3.8, 4) is 0 Å². The number of anilines is 1. The van der Waals surface area contributed by atoms with E-state index >= 15 is 0 Å². The molecule has 1 aromatic rings. The molecule has 30 heavy (non-hydrogen) atoms. The fraction of sp³-hybridized carbons (Fsp3) is 0.652. The predicted molar refractivity (Wildman–Crippen MR) is 122 cm³/mol. The number of benzene rings is 1. The molecule has 1 N–H and O–H groups in total. The molecule has 1 aliphatic carbocycles. The van der Waals surface area contributed by atoms with E-state index in [1.165, 1.54) is 12.1 Å². The number of nitro groups is 1. The summed E-state index contributed by atoms with van der Waals surface area (Å²) in [6, 6.07) is 4.31. The molecule has 0 saturated heterocycles. The Morgan fingerprint density at radius 2 is 1.83 bits per heavy atom. The van der Waals surface area contributed by atoms with Crippen LogP contribution in [0.3, 0.4) is 0 Å². The summed E-state index contributed by atoms with van der Waals surface area (Å²) < 4.78 is 0. The number of hydrogen-bond donors (Lipinski definition) is 1. The quantitative estimate of drug-likeness (QED) is 0.297. The Hall–Kier alpha value is -1.89. The fourth-order valence-electron chi connectivity index (χ4n) is 3.71. The van der Waals surface area contributed by atoms with Gasteiger partial charge in [-0.05, 0) is 49.4 Å². The lowest BCUT2D eigenvalue weighted by Crippen LogP contribution is -2.38. The number of carbonyl (C=O) groups is 2. The third-order valence-electron chi connectivity index (χ3n) is 5.73. The highest BCUT2D eigenvalue weighted by molar-refractivity contribution is 8.13. The lowest BCUT2D eigenvalue weighted by Gasteiger charge is -2.36. The summed E-state index contributed by atoms with van der Waals surface area (Å²) in [5.41, 5.74) is -0.748. The highest BCUT2D eigenvalue weighted by Gasteiger charge is 2.39. The second-order valence-corrected chi connectivity index (χ2v) is 10.8. The number of carbonyl (C=O) groups excluding carboxylic acids is 2. The van der Waals surface area contributed by atoms with E-state index in [2.05, 4.69) is 19.2 Å². The predicted octanol–water partition coefficient (Wildman–Crippen LogP) is 6.58. The Labute approximate surface area is 183 Å². The molecule has 1 aromatic carbocycles. The second kappa shape index (κ2) is 9.94. The highest BCUT2D eigenvalue weighted by Crippen LogP contribution is 2.43. The Balaban J connectivity index is 2.34. The van der Waals surface area contributed by atoms with Gasteiger partial charge in [0.1, 0.15) is 0 Å². The first-order valence-corrected chi connectivity index (χ1v) is 11.6. The molecule has 7 heteroatoms. The third kappa shape index (κ3) is 6.30. The first-order chi connectivity index (χ1) is 13.9. The van der Waals surface area contributed by atoms with Crippen molar-refractivity contribution in [1.29, 1.82) is 0 Å². The average molecular weight is 435 g/mol. The van der Waals surface area contributed by atoms with E-state index in [0.717, 1.165) is 56.7 Å².